The van der Waals surface area contributed by atoms with Crippen molar-refractivity contribution in [1.29, 1.82) is 0 Å². The van der Waals surface area contributed by atoms with E-state index >= 15 is 0 Å². The Bertz CT molecular complexity index is 1140. The second kappa shape index (κ2) is 11.9. The molecule has 0 saturated heterocycles. The number of aromatic nitrogens is 1. The first-order valence-corrected chi connectivity index (χ1v) is 12.0. The number of rotatable bonds is 5. The molecule has 0 saturated carbocycles. The van der Waals surface area contributed by atoms with E-state index in [9.17, 15) is 19.1 Å². The van der Waals surface area contributed by atoms with Crippen LogP contribution in [0.4, 0.5) is 9.18 Å². The Morgan fingerprint density at radius 2 is 1.94 bits per heavy atom. The molecule has 3 amide bonds. The van der Waals surface area contributed by atoms with E-state index in [2.05, 4.69) is 22.1 Å². The van der Waals surface area contributed by atoms with Crippen molar-refractivity contribution in [3.05, 3.63) is 59.0 Å². The topological polar surface area (TPSA) is 95.0 Å². The third-order valence-electron chi connectivity index (χ3n) is 5.93. The minimum Gasteiger partial charge on any atom is -0.472 e. The SMILES string of the molecule is CC(C)NC(=O)N(C)C[C@@H]1Oc2ncc(C#Cc3ccc(F)cc3)cc2C(=O)N([C@H](C)CO)C[C@@H]1C. The number of urea groups is 1. The Morgan fingerprint density at radius 1 is 1.28 bits per heavy atom. The van der Waals surface area contributed by atoms with Gasteiger partial charge in [0.15, 0.2) is 0 Å². The Labute approximate surface area is 211 Å². The van der Waals surface area contributed by atoms with Gasteiger partial charge in [-0.05, 0) is 51.1 Å². The molecular weight excluding hydrogens is 463 g/mol. The molecule has 0 aliphatic carbocycles. The predicted molar refractivity (Wildman–Crippen MR) is 134 cm³/mol. The van der Waals surface area contributed by atoms with E-state index in [0.717, 1.165) is 0 Å². The van der Waals surface area contributed by atoms with Crippen molar-refractivity contribution in [3.8, 4) is 17.7 Å². The van der Waals surface area contributed by atoms with Crippen LogP contribution in [0.2, 0.25) is 0 Å². The van der Waals surface area contributed by atoms with Gasteiger partial charge in [-0.15, -0.1) is 0 Å². The third-order valence-corrected chi connectivity index (χ3v) is 5.93. The maximum absolute atomic E-state index is 13.5. The highest BCUT2D eigenvalue weighted by molar-refractivity contribution is 5.97. The molecule has 2 aromatic rings. The van der Waals surface area contributed by atoms with E-state index in [1.165, 1.54) is 18.3 Å². The fourth-order valence-electron chi connectivity index (χ4n) is 3.78. The van der Waals surface area contributed by atoms with E-state index in [4.69, 9.17) is 4.74 Å². The van der Waals surface area contributed by atoms with Crippen LogP contribution in [-0.4, -0.2) is 76.8 Å². The molecule has 1 aromatic carbocycles. The van der Waals surface area contributed by atoms with E-state index in [0.29, 0.717) is 17.7 Å². The van der Waals surface area contributed by atoms with Crippen LogP contribution in [0.15, 0.2) is 36.5 Å². The molecule has 3 atom stereocenters. The average Bonchev–Trinajstić information content (AvgIpc) is 2.84. The van der Waals surface area contributed by atoms with Crippen molar-refractivity contribution in [2.24, 2.45) is 5.92 Å². The minimum atomic E-state index is -0.447. The van der Waals surface area contributed by atoms with Crippen LogP contribution in [0, 0.1) is 23.6 Å². The zero-order valence-corrected chi connectivity index (χ0v) is 21.3. The molecule has 3 rings (SSSR count). The molecule has 2 N–H and O–H groups in total. The number of pyridine rings is 1. The van der Waals surface area contributed by atoms with E-state index in [1.807, 2.05) is 20.8 Å². The number of hydrogen-bond acceptors (Lipinski definition) is 5. The number of aliphatic hydroxyl groups is 1. The quantitative estimate of drug-likeness (QED) is 0.621. The number of carbonyl (C=O) groups excluding carboxylic acids is 2. The van der Waals surface area contributed by atoms with Crippen molar-refractivity contribution in [3.63, 3.8) is 0 Å². The van der Waals surface area contributed by atoms with Crippen LogP contribution < -0.4 is 10.1 Å². The molecule has 36 heavy (non-hydrogen) atoms. The molecule has 0 spiro atoms. The van der Waals surface area contributed by atoms with Crippen molar-refractivity contribution >= 4 is 11.9 Å². The third kappa shape index (κ3) is 6.73. The number of aliphatic hydroxyl groups excluding tert-OH is 1. The lowest BCUT2D eigenvalue weighted by molar-refractivity contribution is 0.0351. The highest BCUT2D eigenvalue weighted by Crippen LogP contribution is 2.27. The lowest BCUT2D eigenvalue weighted by atomic mass is 10.00. The minimum absolute atomic E-state index is 0.00836. The standard InChI is InChI=1S/C27H33FN4O4/c1-17(2)30-27(35)31(5)15-24-18(3)14-32(19(4)16-33)26(34)23-12-21(13-29-25(23)36-24)7-6-20-8-10-22(28)11-9-20/h8-13,17-19,24,33H,14-16H2,1-5H3,(H,30,35)/t18-,19+,24-/m0/s1. The van der Waals surface area contributed by atoms with Gasteiger partial charge >= 0.3 is 6.03 Å². The molecule has 1 aliphatic rings. The van der Waals surface area contributed by atoms with E-state index in [1.54, 1.807) is 42.0 Å². The Balaban J connectivity index is 1.95. The van der Waals surface area contributed by atoms with Gasteiger partial charge in [-0.2, -0.15) is 0 Å². The Hall–Kier alpha value is -3.64. The molecular formula is C27H33FN4O4. The number of nitrogens with zero attached hydrogens (tertiary/aromatic N) is 3. The zero-order valence-electron chi connectivity index (χ0n) is 21.3. The van der Waals surface area contributed by atoms with E-state index < -0.39 is 12.1 Å². The van der Waals surface area contributed by atoms with Crippen molar-refractivity contribution in [1.82, 2.24) is 20.1 Å². The summed E-state index contributed by atoms with van der Waals surface area (Å²) < 4.78 is 19.4. The van der Waals surface area contributed by atoms with E-state index in [-0.39, 0.29) is 54.3 Å². The molecule has 9 heteroatoms. The largest absolute Gasteiger partial charge is 0.472 e. The zero-order chi connectivity index (χ0) is 26.4. The van der Waals surface area contributed by atoms with Crippen LogP contribution in [0.5, 0.6) is 5.88 Å². The summed E-state index contributed by atoms with van der Waals surface area (Å²) in [6.07, 6.45) is 1.07. The number of ether oxygens (including phenoxy) is 1. The summed E-state index contributed by atoms with van der Waals surface area (Å²) in [5.41, 5.74) is 1.34. The fourth-order valence-corrected chi connectivity index (χ4v) is 3.78. The molecule has 0 unspecified atom stereocenters. The molecule has 2 heterocycles. The Morgan fingerprint density at radius 3 is 2.58 bits per heavy atom. The van der Waals surface area contributed by atoms with Crippen molar-refractivity contribution in [2.75, 3.05) is 26.7 Å². The first-order chi connectivity index (χ1) is 17.1. The van der Waals surface area contributed by atoms with Crippen LogP contribution >= 0.6 is 0 Å². The van der Waals surface area contributed by atoms with Gasteiger partial charge in [-0.25, -0.2) is 14.2 Å². The predicted octanol–water partition coefficient (Wildman–Crippen LogP) is 2.89. The van der Waals surface area contributed by atoms with Gasteiger partial charge in [0.05, 0.1) is 19.2 Å². The fraction of sp³-hybridized carbons (Fsp3) is 0.444. The highest BCUT2D eigenvalue weighted by Gasteiger charge is 2.34. The van der Waals surface area contributed by atoms with Crippen LogP contribution in [-0.2, 0) is 0 Å². The van der Waals surface area contributed by atoms with Crippen LogP contribution in [0.3, 0.4) is 0 Å². The van der Waals surface area contributed by atoms with Crippen LogP contribution in [0.1, 0.15) is 49.2 Å². The number of fused-ring (bicyclic) bond motifs is 1. The molecule has 1 aliphatic heterocycles. The second-order valence-corrected chi connectivity index (χ2v) is 9.44. The highest BCUT2D eigenvalue weighted by atomic mass is 19.1. The maximum Gasteiger partial charge on any atom is 0.317 e. The normalized spacial score (nSPS) is 18.2. The smallest absolute Gasteiger partial charge is 0.317 e. The molecule has 192 valence electrons. The van der Waals surface area contributed by atoms with Gasteiger partial charge in [0.25, 0.3) is 5.91 Å². The maximum atomic E-state index is 13.5. The van der Waals surface area contributed by atoms with Gasteiger partial charge in [0, 0.05) is 42.9 Å². The first-order valence-electron chi connectivity index (χ1n) is 12.0. The number of halogens is 1. The average molecular weight is 497 g/mol. The lowest BCUT2D eigenvalue weighted by Gasteiger charge is -2.37. The molecule has 0 bridgehead atoms. The number of nitrogens with one attached hydrogen (secondary N) is 1. The number of benzene rings is 1. The molecule has 8 nitrogen and oxygen atoms in total. The summed E-state index contributed by atoms with van der Waals surface area (Å²) >= 11 is 0. The summed E-state index contributed by atoms with van der Waals surface area (Å²) in [7, 11) is 1.69. The summed E-state index contributed by atoms with van der Waals surface area (Å²) in [6.45, 7) is 7.90. The summed E-state index contributed by atoms with van der Waals surface area (Å²) in [6, 6.07) is 6.75. The first kappa shape index (κ1) is 27.0. The Kier molecular flexibility index (Phi) is 8.88. The van der Waals surface area contributed by atoms with Gasteiger partial charge in [-0.3, -0.25) is 4.79 Å². The molecule has 0 fully saturated rings. The van der Waals surface area contributed by atoms with Gasteiger partial charge in [-0.1, -0.05) is 18.8 Å². The number of likely N-dealkylation sites (N-methyl/N-ethyl adjacent to an activating group) is 1. The second-order valence-electron chi connectivity index (χ2n) is 9.44. The monoisotopic (exact) mass is 496 g/mol. The summed E-state index contributed by atoms with van der Waals surface area (Å²) in [5.74, 6) is 5.23. The lowest BCUT2D eigenvalue weighted by Crippen LogP contribution is -2.51. The van der Waals surface area contributed by atoms with Gasteiger partial charge in [0.1, 0.15) is 17.5 Å². The summed E-state index contributed by atoms with van der Waals surface area (Å²) in [4.78, 5) is 33.5. The van der Waals surface area contributed by atoms with Crippen LogP contribution in [0.25, 0.3) is 0 Å². The number of hydrogen-bond donors (Lipinski definition) is 2. The van der Waals surface area contributed by atoms with Crippen molar-refractivity contribution < 1.29 is 23.8 Å². The van der Waals surface area contributed by atoms with Gasteiger partial charge < -0.3 is 25.0 Å². The summed E-state index contributed by atoms with van der Waals surface area (Å²) in [5, 5.41) is 12.7. The number of amides is 3. The van der Waals surface area contributed by atoms with Crippen molar-refractivity contribution in [2.45, 2.75) is 45.9 Å². The van der Waals surface area contributed by atoms with Gasteiger partial charge in [0.2, 0.25) is 5.88 Å². The number of carbonyl (C=O) groups is 2. The molecule has 1 aromatic heterocycles. The molecule has 0 radical (unpaired) electrons.